The fraction of sp³-hybridized carbons (Fsp3) is 0.0714. The van der Waals surface area contributed by atoms with Crippen LogP contribution in [-0.4, -0.2) is 11.3 Å². The van der Waals surface area contributed by atoms with Gasteiger partial charge in [0.1, 0.15) is 5.75 Å². The maximum Gasteiger partial charge on any atom is 0.137 e. The first-order valence-corrected chi connectivity index (χ1v) is 6.80. The molecule has 0 radical (unpaired) electrons. The predicted molar refractivity (Wildman–Crippen MR) is 84.3 cm³/mol. The molecule has 0 unspecified atom stereocenters. The highest BCUT2D eigenvalue weighted by atomic mass is 127. The summed E-state index contributed by atoms with van der Waals surface area (Å²) in [5, 5.41) is 10.6. The van der Waals surface area contributed by atoms with Gasteiger partial charge in [-0.3, -0.25) is 4.99 Å². The molecule has 0 saturated heterocycles. The van der Waals surface area contributed by atoms with Gasteiger partial charge in [0, 0.05) is 16.8 Å². The number of benzene rings is 2. The minimum atomic E-state index is 0.256. The quantitative estimate of drug-likeness (QED) is 0.602. The molecule has 0 aliphatic carbocycles. The fourth-order valence-corrected chi connectivity index (χ4v) is 2.55. The van der Waals surface area contributed by atoms with E-state index in [9.17, 15) is 5.11 Å². The van der Waals surface area contributed by atoms with Gasteiger partial charge in [0.05, 0.1) is 9.26 Å². The van der Waals surface area contributed by atoms with Crippen LogP contribution in [0, 0.1) is 10.5 Å². The number of hydrogen-bond donors (Lipinski definition) is 1. The van der Waals surface area contributed by atoms with E-state index in [1.807, 2.05) is 31.2 Å². The largest absolute Gasteiger partial charge is 0.506 e. The van der Waals surface area contributed by atoms with Crippen molar-refractivity contribution in [1.82, 2.24) is 0 Å². The Kier molecular flexibility index (Phi) is 4.24. The lowest BCUT2D eigenvalue weighted by Crippen LogP contribution is -1.87. The number of nitrogens with zero attached hydrogens (tertiary/aromatic N) is 1. The second kappa shape index (κ2) is 5.71. The van der Waals surface area contributed by atoms with Crippen molar-refractivity contribution in [2.75, 3.05) is 0 Å². The summed E-state index contributed by atoms with van der Waals surface area (Å²) in [5.41, 5.74) is 2.56. The monoisotopic (exact) mass is 371 g/mol. The Hall–Kier alpha value is -1.07. The molecule has 92 valence electrons. The summed E-state index contributed by atoms with van der Waals surface area (Å²) in [6.07, 6.45) is 1.65. The van der Waals surface area contributed by atoms with Crippen LogP contribution in [0.5, 0.6) is 5.75 Å². The maximum atomic E-state index is 9.93. The van der Waals surface area contributed by atoms with E-state index in [4.69, 9.17) is 11.6 Å². The third kappa shape index (κ3) is 3.23. The molecule has 1 N–H and O–H groups in total. The van der Waals surface area contributed by atoms with E-state index in [2.05, 4.69) is 27.6 Å². The zero-order chi connectivity index (χ0) is 13.1. The number of phenolic OH excluding ortho intramolecular Hbond substituents is 1. The number of phenols is 1. The summed E-state index contributed by atoms with van der Waals surface area (Å²) in [7, 11) is 0. The molecule has 0 spiro atoms. The Bertz CT molecular complexity index is 611. The summed E-state index contributed by atoms with van der Waals surface area (Å²) >= 11 is 7.99. The Labute approximate surface area is 124 Å². The fourth-order valence-electron chi connectivity index (χ4n) is 1.56. The Balaban J connectivity index is 2.34. The SMILES string of the molecule is Cc1cc(I)c(O)c(/C=N/c2cccc(Cl)c2)c1. The highest BCUT2D eigenvalue weighted by molar-refractivity contribution is 14.1. The number of aromatic hydroxyl groups is 1. The van der Waals surface area contributed by atoms with Gasteiger partial charge in [0.2, 0.25) is 0 Å². The van der Waals surface area contributed by atoms with Crippen molar-refractivity contribution in [2.45, 2.75) is 6.92 Å². The van der Waals surface area contributed by atoms with Crippen molar-refractivity contribution in [3.05, 3.63) is 56.1 Å². The summed E-state index contributed by atoms with van der Waals surface area (Å²) in [6, 6.07) is 11.1. The lowest BCUT2D eigenvalue weighted by atomic mass is 10.1. The lowest BCUT2D eigenvalue weighted by Gasteiger charge is -2.03. The van der Waals surface area contributed by atoms with Gasteiger partial charge in [0.15, 0.2) is 0 Å². The van der Waals surface area contributed by atoms with Crippen molar-refractivity contribution >= 4 is 46.1 Å². The molecule has 0 aromatic heterocycles. The normalized spacial score (nSPS) is 11.1. The molecule has 0 bridgehead atoms. The van der Waals surface area contributed by atoms with Gasteiger partial charge in [-0.2, -0.15) is 0 Å². The molecule has 0 fully saturated rings. The molecular weight excluding hydrogens is 361 g/mol. The number of aryl methyl sites for hydroxylation is 1. The van der Waals surface area contributed by atoms with Crippen molar-refractivity contribution in [3.63, 3.8) is 0 Å². The van der Waals surface area contributed by atoms with Gasteiger partial charge in [-0.15, -0.1) is 0 Å². The van der Waals surface area contributed by atoms with Crippen LogP contribution in [0.15, 0.2) is 41.4 Å². The van der Waals surface area contributed by atoms with Crippen molar-refractivity contribution < 1.29 is 5.11 Å². The first-order valence-electron chi connectivity index (χ1n) is 5.35. The number of rotatable bonds is 2. The third-order valence-electron chi connectivity index (χ3n) is 2.40. The van der Waals surface area contributed by atoms with E-state index in [0.717, 1.165) is 14.8 Å². The van der Waals surface area contributed by atoms with E-state index in [1.54, 1.807) is 18.3 Å². The molecule has 2 rings (SSSR count). The van der Waals surface area contributed by atoms with E-state index < -0.39 is 0 Å². The van der Waals surface area contributed by atoms with Gasteiger partial charge in [-0.25, -0.2) is 0 Å². The average molecular weight is 372 g/mol. The first-order chi connectivity index (χ1) is 8.56. The van der Waals surface area contributed by atoms with Gasteiger partial charge >= 0.3 is 0 Å². The van der Waals surface area contributed by atoms with Crippen molar-refractivity contribution in [2.24, 2.45) is 4.99 Å². The van der Waals surface area contributed by atoms with Crippen LogP contribution in [0.25, 0.3) is 0 Å². The van der Waals surface area contributed by atoms with Crippen LogP contribution in [0.2, 0.25) is 5.02 Å². The average Bonchev–Trinajstić information content (AvgIpc) is 2.32. The second-order valence-electron chi connectivity index (χ2n) is 3.92. The van der Waals surface area contributed by atoms with E-state index in [0.29, 0.717) is 10.6 Å². The number of hydrogen-bond acceptors (Lipinski definition) is 2. The van der Waals surface area contributed by atoms with Gasteiger partial charge in [0.25, 0.3) is 0 Å². The van der Waals surface area contributed by atoms with Gasteiger partial charge in [-0.1, -0.05) is 17.7 Å². The molecule has 2 aromatic carbocycles. The number of aliphatic imine (C=N–C) groups is 1. The van der Waals surface area contributed by atoms with Crippen LogP contribution in [0.3, 0.4) is 0 Å². The van der Waals surface area contributed by atoms with Crippen LogP contribution < -0.4 is 0 Å². The van der Waals surface area contributed by atoms with Crippen LogP contribution in [-0.2, 0) is 0 Å². The van der Waals surface area contributed by atoms with Crippen LogP contribution in [0.4, 0.5) is 5.69 Å². The second-order valence-corrected chi connectivity index (χ2v) is 5.52. The third-order valence-corrected chi connectivity index (χ3v) is 3.46. The number of halogens is 2. The maximum absolute atomic E-state index is 9.93. The Morgan fingerprint density at radius 2 is 2.06 bits per heavy atom. The van der Waals surface area contributed by atoms with Gasteiger partial charge < -0.3 is 5.11 Å². The molecule has 0 heterocycles. The zero-order valence-corrected chi connectivity index (χ0v) is 12.6. The zero-order valence-electron chi connectivity index (χ0n) is 9.69. The van der Waals surface area contributed by atoms with E-state index in [-0.39, 0.29) is 5.75 Å². The molecular formula is C14H11ClINO. The van der Waals surface area contributed by atoms with Crippen molar-refractivity contribution in [3.8, 4) is 5.75 Å². The molecule has 18 heavy (non-hydrogen) atoms. The standard InChI is InChI=1S/C14H11ClINO/c1-9-5-10(14(18)13(16)6-9)8-17-12-4-2-3-11(15)7-12/h2-8,18H,1H3/b17-8+. The van der Waals surface area contributed by atoms with Gasteiger partial charge in [-0.05, 0) is 65.4 Å². The summed E-state index contributed by atoms with van der Waals surface area (Å²) in [4.78, 5) is 4.31. The minimum absolute atomic E-state index is 0.256. The molecule has 0 aliphatic rings. The predicted octanol–water partition coefficient (Wildman–Crippen LogP) is 4.71. The summed E-state index contributed by atoms with van der Waals surface area (Å²) in [5.74, 6) is 0.256. The molecule has 0 amide bonds. The summed E-state index contributed by atoms with van der Waals surface area (Å²) < 4.78 is 0.820. The molecule has 0 saturated carbocycles. The molecule has 4 heteroatoms. The lowest BCUT2D eigenvalue weighted by molar-refractivity contribution is 0.470. The Morgan fingerprint density at radius 3 is 2.78 bits per heavy atom. The molecule has 2 nitrogen and oxygen atoms in total. The topological polar surface area (TPSA) is 32.6 Å². The highest BCUT2D eigenvalue weighted by Gasteiger charge is 2.04. The van der Waals surface area contributed by atoms with Crippen LogP contribution >= 0.6 is 34.2 Å². The molecule has 0 aliphatic heterocycles. The summed E-state index contributed by atoms with van der Waals surface area (Å²) in [6.45, 7) is 1.98. The molecule has 2 aromatic rings. The van der Waals surface area contributed by atoms with E-state index in [1.165, 1.54) is 0 Å². The first kappa shape index (κ1) is 13.4. The smallest absolute Gasteiger partial charge is 0.137 e. The minimum Gasteiger partial charge on any atom is -0.506 e. The van der Waals surface area contributed by atoms with E-state index >= 15 is 0 Å². The van der Waals surface area contributed by atoms with Crippen LogP contribution in [0.1, 0.15) is 11.1 Å². The molecule has 0 atom stereocenters. The Morgan fingerprint density at radius 1 is 1.28 bits per heavy atom. The van der Waals surface area contributed by atoms with Crippen molar-refractivity contribution in [1.29, 1.82) is 0 Å². The highest BCUT2D eigenvalue weighted by Crippen LogP contribution is 2.25.